The average Bonchev–Trinajstić information content (AvgIpc) is 2.89. The van der Waals surface area contributed by atoms with Gasteiger partial charge < -0.3 is 9.88 Å². The summed E-state index contributed by atoms with van der Waals surface area (Å²) < 4.78 is 15.3. The summed E-state index contributed by atoms with van der Waals surface area (Å²) in [5.41, 5.74) is 0. The Balaban J connectivity index is 2.03. The lowest BCUT2D eigenvalue weighted by Crippen LogP contribution is -2.23. The summed E-state index contributed by atoms with van der Waals surface area (Å²) in [7, 11) is 1.93. The average molecular weight is 293 g/mol. The molecule has 1 aromatic heterocycles. The maximum Gasteiger partial charge on any atom is 0.126 e. The first kappa shape index (κ1) is 15.1. The molecule has 1 N–H and O–H groups in total. The highest BCUT2D eigenvalue weighted by atomic mass is 32.2. The predicted octanol–water partition coefficient (Wildman–Crippen LogP) is 3.49. The minimum Gasteiger partial charge on any atom is -0.334 e. The van der Waals surface area contributed by atoms with Gasteiger partial charge in [0.05, 0.1) is 6.04 Å². The Morgan fingerprint density at radius 3 is 3.00 bits per heavy atom. The first-order valence-corrected chi connectivity index (χ1v) is 7.79. The van der Waals surface area contributed by atoms with Crippen molar-refractivity contribution in [2.24, 2.45) is 0 Å². The van der Waals surface area contributed by atoms with Crippen molar-refractivity contribution in [2.45, 2.75) is 30.8 Å². The minimum atomic E-state index is -0.191. The lowest BCUT2D eigenvalue weighted by atomic mass is 10.3. The number of thioether (sulfide) groups is 1. The monoisotopic (exact) mass is 293 g/mol. The van der Waals surface area contributed by atoms with Gasteiger partial charge in [0.2, 0.25) is 0 Å². The normalized spacial score (nSPS) is 12.6. The number of aromatic nitrogens is 2. The molecule has 0 saturated heterocycles. The molecule has 5 heteroatoms. The van der Waals surface area contributed by atoms with Crippen molar-refractivity contribution in [3.05, 3.63) is 48.3 Å². The SMILES string of the molecule is CCCn1ccnc1C(CSc1cccc(F)c1)NC. The molecular weight excluding hydrogens is 273 g/mol. The van der Waals surface area contributed by atoms with Crippen molar-refractivity contribution in [3.8, 4) is 0 Å². The number of hydrogen-bond donors (Lipinski definition) is 1. The van der Waals surface area contributed by atoms with E-state index in [1.807, 2.05) is 25.5 Å². The maximum absolute atomic E-state index is 13.2. The highest BCUT2D eigenvalue weighted by Crippen LogP contribution is 2.24. The van der Waals surface area contributed by atoms with E-state index < -0.39 is 0 Å². The third-order valence-corrected chi connectivity index (χ3v) is 4.17. The number of rotatable bonds is 7. The maximum atomic E-state index is 13.2. The van der Waals surface area contributed by atoms with E-state index in [0.29, 0.717) is 0 Å². The largest absolute Gasteiger partial charge is 0.334 e. The Kier molecular flexibility index (Phi) is 5.61. The number of imidazole rings is 1. The van der Waals surface area contributed by atoms with Crippen LogP contribution >= 0.6 is 11.8 Å². The van der Waals surface area contributed by atoms with Crippen molar-refractivity contribution in [1.82, 2.24) is 14.9 Å². The zero-order valence-electron chi connectivity index (χ0n) is 11.8. The molecule has 108 valence electrons. The van der Waals surface area contributed by atoms with E-state index >= 15 is 0 Å². The van der Waals surface area contributed by atoms with Crippen LogP contribution in [0.5, 0.6) is 0 Å². The predicted molar refractivity (Wildman–Crippen MR) is 81.4 cm³/mol. The molecule has 0 fully saturated rings. The standard InChI is InChI=1S/C15H20FN3S/c1-3-8-19-9-7-18-15(19)14(17-2)11-20-13-6-4-5-12(16)10-13/h4-7,9-10,14,17H,3,8,11H2,1-2H3. The van der Waals surface area contributed by atoms with Crippen LogP contribution in [0, 0.1) is 5.82 Å². The van der Waals surface area contributed by atoms with Crippen molar-refractivity contribution in [2.75, 3.05) is 12.8 Å². The molecule has 0 aliphatic rings. The van der Waals surface area contributed by atoms with Crippen LogP contribution < -0.4 is 5.32 Å². The summed E-state index contributed by atoms with van der Waals surface area (Å²) in [6.07, 6.45) is 4.93. The van der Waals surface area contributed by atoms with Gasteiger partial charge in [0.15, 0.2) is 0 Å². The molecule has 0 bridgehead atoms. The molecule has 0 radical (unpaired) electrons. The molecule has 0 aliphatic heterocycles. The first-order valence-electron chi connectivity index (χ1n) is 6.81. The van der Waals surface area contributed by atoms with E-state index in [1.165, 1.54) is 6.07 Å². The van der Waals surface area contributed by atoms with Crippen LogP contribution in [-0.2, 0) is 6.54 Å². The van der Waals surface area contributed by atoms with Gasteiger partial charge in [-0.3, -0.25) is 0 Å². The quantitative estimate of drug-likeness (QED) is 0.793. The molecule has 0 amide bonds. The van der Waals surface area contributed by atoms with Crippen molar-refractivity contribution in [3.63, 3.8) is 0 Å². The van der Waals surface area contributed by atoms with Gasteiger partial charge in [-0.1, -0.05) is 13.0 Å². The van der Waals surface area contributed by atoms with Gasteiger partial charge in [-0.05, 0) is 31.7 Å². The Morgan fingerprint density at radius 2 is 2.30 bits per heavy atom. The van der Waals surface area contributed by atoms with Gasteiger partial charge in [0.1, 0.15) is 11.6 Å². The summed E-state index contributed by atoms with van der Waals surface area (Å²) in [4.78, 5) is 5.39. The van der Waals surface area contributed by atoms with Gasteiger partial charge in [-0.15, -0.1) is 11.8 Å². The Hall–Kier alpha value is -1.33. The Morgan fingerprint density at radius 1 is 1.45 bits per heavy atom. The molecule has 2 rings (SSSR count). The molecule has 1 heterocycles. The highest BCUT2D eigenvalue weighted by molar-refractivity contribution is 7.99. The van der Waals surface area contributed by atoms with Gasteiger partial charge in [-0.2, -0.15) is 0 Å². The molecule has 20 heavy (non-hydrogen) atoms. The zero-order chi connectivity index (χ0) is 14.4. The van der Waals surface area contributed by atoms with E-state index in [-0.39, 0.29) is 11.9 Å². The second-order valence-corrected chi connectivity index (χ2v) is 5.68. The van der Waals surface area contributed by atoms with Crippen molar-refractivity contribution in [1.29, 1.82) is 0 Å². The Labute approximate surface area is 123 Å². The summed E-state index contributed by atoms with van der Waals surface area (Å²) in [6.45, 7) is 3.12. The zero-order valence-corrected chi connectivity index (χ0v) is 12.7. The van der Waals surface area contributed by atoms with Crippen LogP contribution in [0.1, 0.15) is 25.2 Å². The summed E-state index contributed by atoms with van der Waals surface area (Å²) >= 11 is 1.64. The number of aryl methyl sites for hydroxylation is 1. The van der Waals surface area contributed by atoms with Crippen LogP contribution in [0.25, 0.3) is 0 Å². The topological polar surface area (TPSA) is 29.9 Å². The second-order valence-electron chi connectivity index (χ2n) is 4.59. The van der Waals surface area contributed by atoms with Crippen LogP contribution in [0.3, 0.4) is 0 Å². The minimum absolute atomic E-state index is 0.157. The molecular formula is C15H20FN3S. The summed E-state index contributed by atoms with van der Waals surface area (Å²) in [5, 5.41) is 3.29. The molecule has 1 atom stereocenters. The third-order valence-electron chi connectivity index (χ3n) is 3.09. The fourth-order valence-electron chi connectivity index (χ4n) is 2.08. The van der Waals surface area contributed by atoms with Gasteiger partial charge in [0.25, 0.3) is 0 Å². The summed E-state index contributed by atoms with van der Waals surface area (Å²) in [5.74, 6) is 1.67. The second kappa shape index (κ2) is 7.45. The number of hydrogen-bond acceptors (Lipinski definition) is 3. The van der Waals surface area contributed by atoms with E-state index in [0.717, 1.165) is 29.4 Å². The lowest BCUT2D eigenvalue weighted by molar-refractivity contribution is 0.552. The number of benzene rings is 1. The van der Waals surface area contributed by atoms with Gasteiger partial charge in [-0.25, -0.2) is 9.37 Å². The van der Waals surface area contributed by atoms with E-state index in [4.69, 9.17) is 0 Å². The van der Waals surface area contributed by atoms with Crippen LogP contribution in [0.4, 0.5) is 4.39 Å². The fourth-order valence-corrected chi connectivity index (χ4v) is 3.13. The molecule has 0 aliphatic carbocycles. The number of nitrogens with one attached hydrogen (secondary N) is 1. The van der Waals surface area contributed by atoms with Crippen molar-refractivity contribution < 1.29 is 4.39 Å². The fraction of sp³-hybridized carbons (Fsp3) is 0.400. The molecule has 1 aromatic carbocycles. The van der Waals surface area contributed by atoms with E-state index in [2.05, 4.69) is 21.8 Å². The van der Waals surface area contributed by atoms with Crippen LogP contribution in [0.15, 0.2) is 41.6 Å². The lowest BCUT2D eigenvalue weighted by Gasteiger charge is -2.17. The van der Waals surface area contributed by atoms with E-state index in [9.17, 15) is 4.39 Å². The molecule has 0 spiro atoms. The smallest absolute Gasteiger partial charge is 0.126 e. The third kappa shape index (κ3) is 3.84. The molecule has 0 saturated carbocycles. The van der Waals surface area contributed by atoms with E-state index in [1.54, 1.807) is 23.9 Å². The number of nitrogens with zero attached hydrogens (tertiary/aromatic N) is 2. The molecule has 2 aromatic rings. The highest BCUT2D eigenvalue weighted by Gasteiger charge is 2.15. The summed E-state index contributed by atoms with van der Waals surface area (Å²) in [6, 6.07) is 6.86. The molecule has 3 nitrogen and oxygen atoms in total. The van der Waals surface area contributed by atoms with Gasteiger partial charge >= 0.3 is 0 Å². The first-order chi connectivity index (χ1) is 9.74. The number of halogens is 1. The molecule has 1 unspecified atom stereocenters. The van der Waals surface area contributed by atoms with Gasteiger partial charge in [0, 0.05) is 29.6 Å². The van der Waals surface area contributed by atoms with Crippen LogP contribution in [0.2, 0.25) is 0 Å². The van der Waals surface area contributed by atoms with Crippen LogP contribution in [-0.4, -0.2) is 22.4 Å². The van der Waals surface area contributed by atoms with Crippen molar-refractivity contribution >= 4 is 11.8 Å². The Bertz CT molecular complexity index is 541.